The summed E-state index contributed by atoms with van der Waals surface area (Å²) in [6.07, 6.45) is 0.927. The molecule has 0 atom stereocenters. The summed E-state index contributed by atoms with van der Waals surface area (Å²) in [7, 11) is 6.00. The fourth-order valence-electron chi connectivity index (χ4n) is 2.44. The number of guanidine groups is 1. The molecule has 0 aromatic heterocycles. The van der Waals surface area contributed by atoms with Gasteiger partial charge >= 0.3 is 0 Å². The Bertz CT molecular complexity index is 463. The third-order valence-corrected chi connectivity index (χ3v) is 3.33. The minimum atomic E-state index is 0. The second kappa shape index (κ2) is 12.4. The average Bonchev–Trinajstić information content (AvgIpc) is 2.49. The van der Waals surface area contributed by atoms with Crippen LogP contribution in [0.15, 0.2) is 35.3 Å². The van der Waals surface area contributed by atoms with Crippen LogP contribution in [0, 0.1) is 5.41 Å². The molecule has 2 N–H and O–H groups in total. The van der Waals surface area contributed by atoms with Gasteiger partial charge in [-0.15, -0.1) is 24.0 Å². The highest BCUT2D eigenvalue weighted by molar-refractivity contribution is 14.0. The molecule has 0 heterocycles. The second-order valence-electron chi connectivity index (χ2n) is 6.77. The number of nitrogens with zero attached hydrogens (tertiary/aromatic N) is 2. The molecule has 1 aromatic rings. The molecule has 0 amide bonds. The fraction of sp³-hybridized carbons (Fsp3) is 0.611. The molecule has 138 valence electrons. The van der Waals surface area contributed by atoms with Gasteiger partial charge in [0.1, 0.15) is 5.75 Å². The lowest BCUT2D eigenvalue weighted by atomic mass is 9.93. The lowest BCUT2D eigenvalue weighted by Crippen LogP contribution is -2.45. The summed E-state index contributed by atoms with van der Waals surface area (Å²) in [5.41, 5.74) is 0.192. The van der Waals surface area contributed by atoms with Crippen LogP contribution in [0.2, 0.25) is 0 Å². The number of ether oxygens (including phenoxy) is 1. The number of hydrogen-bond donors (Lipinski definition) is 2. The highest BCUT2D eigenvalue weighted by Crippen LogP contribution is 2.13. The normalized spacial score (nSPS) is 11.8. The van der Waals surface area contributed by atoms with Crippen molar-refractivity contribution in [3.05, 3.63) is 30.3 Å². The molecule has 1 rings (SSSR count). The lowest BCUT2D eigenvalue weighted by molar-refractivity contribution is 0.241. The molecule has 0 saturated heterocycles. The van der Waals surface area contributed by atoms with Gasteiger partial charge in [0.15, 0.2) is 5.96 Å². The molecule has 0 aliphatic rings. The molecular formula is C18H33IN4O. The van der Waals surface area contributed by atoms with Crippen molar-refractivity contribution >= 4 is 29.9 Å². The molecule has 0 fully saturated rings. The summed E-state index contributed by atoms with van der Waals surface area (Å²) in [5, 5.41) is 6.72. The minimum Gasteiger partial charge on any atom is -0.494 e. The number of para-hydroxylation sites is 1. The second-order valence-corrected chi connectivity index (χ2v) is 6.77. The largest absolute Gasteiger partial charge is 0.494 e. The van der Waals surface area contributed by atoms with Gasteiger partial charge in [-0.3, -0.25) is 4.99 Å². The summed E-state index contributed by atoms with van der Waals surface area (Å²) >= 11 is 0. The highest BCUT2D eigenvalue weighted by Gasteiger charge is 2.19. The first-order valence-electron chi connectivity index (χ1n) is 8.20. The first kappa shape index (κ1) is 23.0. The van der Waals surface area contributed by atoms with E-state index in [1.807, 2.05) is 30.3 Å². The summed E-state index contributed by atoms with van der Waals surface area (Å²) in [5.74, 6) is 1.76. The Labute approximate surface area is 164 Å². The lowest BCUT2D eigenvalue weighted by Gasteiger charge is -2.29. The molecular weight excluding hydrogens is 415 g/mol. The molecule has 24 heavy (non-hydrogen) atoms. The molecule has 5 nitrogen and oxygen atoms in total. The third-order valence-electron chi connectivity index (χ3n) is 3.33. The van der Waals surface area contributed by atoms with Gasteiger partial charge in [0.2, 0.25) is 0 Å². The van der Waals surface area contributed by atoms with E-state index >= 15 is 0 Å². The number of aliphatic imine (C=N–C) groups is 1. The molecule has 6 heteroatoms. The van der Waals surface area contributed by atoms with Gasteiger partial charge in [0.05, 0.1) is 6.61 Å². The Morgan fingerprint density at radius 2 is 1.83 bits per heavy atom. The average molecular weight is 448 g/mol. The number of hydrogen-bond acceptors (Lipinski definition) is 3. The van der Waals surface area contributed by atoms with Gasteiger partial charge in [0, 0.05) is 26.7 Å². The van der Waals surface area contributed by atoms with Crippen molar-refractivity contribution in [2.24, 2.45) is 10.4 Å². The van der Waals surface area contributed by atoms with Crippen molar-refractivity contribution in [2.45, 2.75) is 20.3 Å². The summed E-state index contributed by atoms with van der Waals surface area (Å²) in [6, 6.07) is 9.90. The van der Waals surface area contributed by atoms with Gasteiger partial charge in [0.25, 0.3) is 0 Å². The van der Waals surface area contributed by atoms with Crippen molar-refractivity contribution in [1.29, 1.82) is 0 Å². The maximum atomic E-state index is 5.67. The van der Waals surface area contributed by atoms with E-state index in [4.69, 9.17) is 4.74 Å². The van der Waals surface area contributed by atoms with Crippen LogP contribution in [0.3, 0.4) is 0 Å². The van der Waals surface area contributed by atoms with E-state index in [1.54, 1.807) is 7.05 Å². The van der Waals surface area contributed by atoms with Crippen LogP contribution in [-0.2, 0) is 0 Å². The van der Waals surface area contributed by atoms with E-state index in [0.717, 1.165) is 37.8 Å². The first-order valence-corrected chi connectivity index (χ1v) is 8.20. The zero-order valence-corrected chi connectivity index (χ0v) is 18.0. The van der Waals surface area contributed by atoms with Crippen LogP contribution in [0.1, 0.15) is 20.3 Å². The van der Waals surface area contributed by atoms with E-state index in [9.17, 15) is 0 Å². The summed E-state index contributed by atoms with van der Waals surface area (Å²) < 4.78 is 5.67. The Hall–Kier alpha value is -1.02. The van der Waals surface area contributed by atoms with Gasteiger partial charge in [-0.05, 0) is 38.1 Å². The highest BCUT2D eigenvalue weighted by atomic mass is 127. The SMILES string of the molecule is CN=C(NCCCOc1ccccc1)NCC(C)(C)CN(C)C.I. The molecule has 0 bridgehead atoms. The Kier molecular flexibility index (Phi) is 11.8. The van der Waals surface area contributed by atoms with Crippen LogP contribution in [-0.4, -0.2) is 58.2 Å². The molecule has 0 aliphatic heterocycles. The quantitative estimate of drug-likeness (QED) is 0.264. The van der Waals surface area contributed by atoms with Crippen LogP contribution in [0.4, 0.5) is 0 Å². The molecule has 0 unspecified atom stereocenters. The van der Waals surface area contributed by atoms with Crippen molar-refractivity contribution in [3.8, 4) is 5.75 Å². The van der Waals surface area contributed by atoms with E-state index in [-0.39, 0.29) is 29.4 Å². The van der Waals surface area contributed by atoms with Crippen molar-refractivity contribution in [1.82, 2.24) is 15.5 Å². The number of rotatable bonds is 9. The van der Waals surface area contributed by atoms with Gasteiger partial charge in [-0.2, -0.15) is 0 Å². The van der Waals surface area contributed by atoms with Crippen molar-refractivity contribution < 1.29 is 4.74 Å². The molecule has 1 aromatic carbocycles. The van der Waals surface area contributed by atoms with Crippen LogP contribution < -0.4 is 15.4 Å². The van der Waals surface area contributed by atoms with E-state index in [0.29, 0.717) is 6.61 Å². The minimum absolute atomic E-state index is 0. The number of halogens is 1. The van der Waals surface area contributed by atoms with Gasteiger partial charge in [-0.25, -0.2) is 0 Å². The zero-order valence-electron chi connectivity index (χ0n) is 15.6. The maximum absolute atomic E-state index is 5.67. The van der Waals surface area contributed by atoms with Gasteiger partial charge < -0.3 is 20.3 Å². The van der Waals surface area contributed by atoms with E-state index < -0.39 is 0 Å². The van der Waals surface area contributed by atoms with Gasteiger partial charge in [-0.1, -0.05) is 32.0 Å². The number of nitrogens with one attached hydrogen (secondary N) is 2. The summed E-state index contributed by atoms with van der Waals surface area (Å²) in [4.78, 5) is 6.47. The smallest absolute Gasteiger partial charge is 0.190 e. The van der Waals surface area contributed by atoms with E-state index in [2.05, 4.69) is 48.5 Å². The Morgan fingerprint density at radius 1 is 1.17 bits per heavy atom. The monoisotopic (exact) mass is 448 g/mol. The molecule has 0 saturated carbocycles. The Balaban J connectivity index is 0.00000529. The summed E-state index contributed by atoms with van der Waals surface area (Å²) in [6.45, 7) is 7.94. The Morgan fingerprint density at radius 3 is 2.42 bits per heavy atom. The van der Waals surface area contributed by atoms with Crippen molar-refractivity contribution in [3.63, 3.8) is 0 Å². The van der Waals surface area contributed by atoms with Crippen LogP contribution in [0.5, 0.6) is 5.75 Å². The van der Waals surface area contributed by atoms with Crippen molar-refractivity contribution in [2.75, 3.05) is 47.4 Å². The first-order chi connectivity index (χ1) is 10.9. The number of benzene rings is 1. The van der Waals surface area contributed by atoms with Crippen LogP contribution in [0.25, 0.3) is 0 Å². The van der Waals surface area contributed by atoms with E-state index in [1.165, 1.54) is 0 Å². The maximum Gasteiger partial charge on any atom is 0.190 e. The van der Waals surface area contributed by atoms with Crippen LogP contribution >= 0.6 is 24.0 Å². The molecule has 0 aliphatic carbocycles. The zero-order chi connectivity index (χ0) is 17.1. The predicted octanol–water partition coefficient (Wildman–Crippen LogP) is 2.83. The molecule has 0 spiro atoms. The predicted molar refractivity (Wildman–Crippen MR) is 114 cm³/mol. The fourth-order valence-corrected chi connectivity index (χ4v) is 2.44. The third kappa shape index (κ3) is 10.7. The standard InChI is InChI=1S/C18H32N4O.HI/c1-18(2,15-22(4)5)14-21-17(19-3)20-12-9-13-23-16-10-7-6-8-11-16;/h6-8,10-11H,9,12-15H2,1-5H3,(H2,19,20,21);1H. The molecule has 0 radical (unpaired) electrons. The topological polar surface area (TPSA) is 48.9 Å².